The Kier molecular flexibility index (Phi) is 4.86. The summed E-state index contributed by atoms with van der Waals surface area (Å²) < 4.78 is 36.9. The Bertz CT molecular complexity index is 1200. The van der Waals surface area contributed by atoms with Crippen LogP contribution in [0.3, 0.4) is 0 Å². The SMILES string of the molecule is Cc1ccc(S(=O)(=O)Oc2nc3c(ncn3[C@H]3C[C@H](O)[C@@H](CO)O3)c(=O)[nH]2)cc1. The van der Waals surface area contributed by atoms with Gasteiger partial charge in [-0.3, -0.25) is 14.3 Å². The molecule has 29 heavy (non-hydrogen) atoms. The minimum atomic E-state index is -4.22. The lowest BCUT2D eigenvalue weighted by Gasteiger charge is -2.13. The smallest absolute Gasteiger partial charge is 0.341 e. The Morgan fingerprint density at radius 1 is 1.34 bits per heavy atom. The standard InChI is InChI=1S/C17H18N4O7S/c1-9-2-4-10(5-3-9)29(25,26)28-17-19-15-14(16(24)20-17)18-8-21(15)13-6-11(23)12(7-22)27-13/h2-5,8,11-13,22-23H,6-7H2,1H3,(H,19,20,24)/t11-,12+,13+/m0/s1. The van der Waals surface area contributed by atoms with Gasteiger partial charge >= 0.3 is 16.1 Å². The molecule has 1 aliphatic heterocycles. The Morgan fingerprint density at radius 3 is 2.72 bits per heavy atom. The molecule has 3 aromatic rings. The van der Waals surface area contributed by atoms with Gasteiger partial charge in [-0.15, -0.1) is 0 Å². The van der Waals surface area contributed by atoms with Crippen molar-refractivity contribution in [1.29, 1.82) is 0 Å². The zero-order valence-electron chi connectivity index (χ0n) is 15.2. The molecule has 0 aliphatic carbocycles. The average Bonchev–Trinajstić information content (AvgIpc) is 3.25. The number of hydrogen-bond acceptors (Lipinski definition) is 9. The second kappa shape index (κ2) is 7.22. The van der Waals surface area contributed by atoms with Gasteiger partial charge in [0.05, 0.1) is 19.0 Å². The normalized spacial score (nSPS) is 22.2. The van der Waals surface area contributed by atoms with Gasteiger partial charge in [0, 0.05) is 6.42 Å². The molecule has 3 atom stereocenters. The Labute approximate surface area is 164 Å². The summed E-state index contributed by atoms with van der Waals surface area (Å²) in [5.41, 5.74) is 0.162. The molecular weight excluding hydrogens is 404 g/mol. The van der Waals surface area contributed by atoms with E-state index in [9.17, 15) is 23.4 Å². The van der Waals surface area contributed by atoms with Gasteiger partial charge in [-0.1, -0.05) is 17.7 Å². The van der Waals surface area contributed by atoms with E-state index in [1.807, 2.05) is 6.92 Å². The highest BCUT2D eigenvalue weighted by molar-refractivity contribution is 7.87. The van der Waals surface area contributed by atoms with Crippen molar-refractivity contribution in [2.24, 2.45) is 0 Å². The number of rotatable bonds is 5. The van der Waals surface area contributed by atoms with Crippen LogP contribution in [-0.4, -0.2) is 57.0 Å². The molecule has 3 heterocycles. The largest absolute Gasteiger partial charge is 0.394 e. The van der Waals surface area contributed by atoms with Crippen molar-refractivity contribution in [1.82, 2.24) is 19.5 Å². The molecule has 0 saturated carbocycles. The first-order valence-corrected chi connectivity index (χ1v) is 10.1. The quantitative estimate of drug-likeness (QED) is 0.475. The number of imidazole rings is 1. The first-order valence-electron chi connectivity index (χ1n) is 8.71. The molecule has 0 radical (unpaired) electrons. The monoisotopic (exact) mass is 422 g/mol. The van der Waals surface area contributed by atoms with Crippen molar-refractivity contribution < 1.29 is 27.6 Å². The first-order chi connectivity index (χ1) is 13.8. The molecule has 1 fully saturated rings. The fourth-order valence-electron chi connectivity index (χ4n) is 3.06. The molecule has 2 aromatic heterocycles. The van der Waals surface area contributed by atoms with E-state index in [-0.39, 0.29) is 29.1 Å². The molecular formula is C17H18N4O7S. The predicted molar refractivity (Wildman–Crippen MR) is 98.8 cm³/mol. The Morgan fingerprint density at radius 2 is 2.07 bits per heavy atom. The third-order valence-corrected chi connectivity index (χ3v) is 5.83. The van der Waals surface area contributed by atoms with E-state index >= 15 is 0 Å². The number of nitrogens with zero attached hydrogens (tertiary/aromatic N) is 3. The van der Waals surface area contributed by atoms with Crippen LogP contribution < -0.4 is 9.74 Å². The number of aromatic nitrogens is 4. The summed E-state index contributed by atoms with van der Waals surface area (Å²) in [6, 6.07) is 5.47. The number of hydrogen-bond donors (Lipinski definition) is 3. The molecule has 1 aromatic carbocycles. The highest BCUT2D eigenvalue weighted by Crippen LogP contribution is 2.30. The van der Waals surface area contributed by atoms with Gasteiger partial charge in [-0.05, 0) is 19.1 Å². The van der Waals surface area contributed by atoms with Crippen LogP contribution in [0.25, 0.3) is 11.2 Å². The molecule has 3 N–H and O–H groups in total. The zero-order valence-corrected chi connectivity index (χ0v) is 16.0. The van der Waals surface area contributed by atoms with Crippen LogP contribution in [0.15, 0.2) is 40.3 Å². The predicted octanol–water partition coefficient (Wildman–Crippen LogP) is -0.164. The fourth-order valence-corrected chi connectivity index (χ4v) is 3.92. The van der Waals surface area contributed by atoms with Gasteiger partial charge in [0.2, 0.25) is 0 Å². The van der Waals surface area contributed by atoms with Gasteiger partial charge in [0.1, 0.15) is 17.2 Å². The molecule has 1 aliphatic rings. The summed E-state index contributed by atoms with van der Waals surface area (Å²) in [4.78, 5) is 22.5. The van der Waals surface area contributed by atoms with E-state index in [2.05, 4.69) is 15.0 Å². The van der Waals surface area contributed by atoms with E-state index in [0.717, 1.165) is 5.56 Å². The van der Waals surface area contributed by atoms with Crippen molar-refractivity contribution in [2.45, 2.75) is 36.7 Å². The number of fused-ring (bicyclic) bond motifs is 1. The number of benzene rings is 1. The number of nitrogens with one attached hydrogen (secondary N) is 1. The molecule has 4 rings (SSSR count). The van der Waals surface area contributed by atoms with Gasteiger partial charge < -0.3 is 19.1 Å². The molecule has 11 nitrogen and oxygen atoms in total. The third kappa shape index (κ3) is 3.62. The van der Waals surface area contributed by atoms with Gasteiger partial charge in [-0.25, -0.2) is 4.98 Å². The van der Waals surface area contributed by atoms with Gasteiger partial charge in [0.25, 0.3) is 5.56 Å². The highest BCUT2D eigenvalue weighted by atomic mass is 32.2. The number of aromatic amines is 1. The zero-order chi connectivity index (χ0) is 20.8. The number of ether oxygens (including phenoxy) is 1. The van der Waals surface area contributed by atoms with Crippen molar-refractivity contribution in [3.05, 3.63) is 46.5 Å². The molecule has 0 bridgehead atoms. The third-order valence-electron chi connectivity index (χ3n) is 4.60. The lowest BCUT2D eigenvalue weighted by molar-refractivity contribution is -0.0432. The maximum Gasteiger partial charge on any atom is 0.341 e. The summed E-state index contributed by atoms with van der Waals surface area (Å²) in [5, 5.41) is 19.2. The second-order valence-electron chi connectivity index (χ2n) is 6.66. The molecule has 0 amide bonds. The van der Waals surface area contributed by atoms with Crippen LogP contribution >= 0.6 is 0 Å². The minimum absolute atomic E-state index is 0.0265. The molecule has 154 valence electrons. The summed E-state index contributed by atoms with van der Waals surface area (Å²) >= 11 is 0. The maximum absolute atomic E-state index is 12.5. The van der Waals surface area contributed by atoms with E-state index < -0.39 is 40.1 Å². The topological polar surface area (TPSA) is 157 Å². The van der Waals surface area contributed by atoms with E-state index in [0.29, 0.717) is 0 Å². The van der Waals surface area contributed by atoms with E-state index in [1.54, 1.807) is 12.1 Å². The first kappa shape index (κ1) is 19.5. The van der Waals surface area contributed by atoms with E-state index in [1.165, 1.54) is 23.0 Å². The molecule has 0 unspecified atom stereocenters. The van der Waals surface area contributed by atoms with Crippen LogP contribution in [0.2, 0.25) is 0 Å². The van der Waals surface area contributed by atoms with Crippen molar-refractivity contribution in [3.63, 3.8) is 0 Å². The van der Waals surface area contributed by atoms with Crippen LogP contribution in [0.4, 0.5) is 0 Å². The second-order valence-corrected chi connectivity index (χ2v) is 8.21. The minimum Gasteiger partial charge on any atom is -0.394 e. The summed E-state index contributed by atoms with van der Waals surface area (Å²) in [6.07, 6.45) is -0.979. The fraction of sp³-hybridized carbons (Fsp3) is 0.353. The van der Waals surface area contributed by atoms with Crippen LogP contribution in [-0.2, 0) is 14.9 Å². The van der Waals surface area contributed by atoms with Crippen LogP contribution in [0.1, 0.15) is 18.2 Å². The van der Waals surface area contributed by atoms with Crippen LogP contribution in [0, 0.1) is 6.92 Å². The number of H-pyrrole nitrogens is 1. The summed E-state index contributed by atoms with van der Waals surface area (Å²) in [7, 11) is -4.22. The number of aliphatic hydroxyl groups is 2. The lowest BCUT2D eigenvalue weighted by atomic mass is 10.2. The lowest BCUT2D eigenvalue weighted by Crippen LogP contribution is -2.24. The van der Waals surface area contributed by atoms with Crippen LogP contribution in [0.5, 0.6) is 6.01 Å². The Hall–Kier alpha value is -2.80. The Balaban J connectivity index is 1.70. The molecule has 12 heteroatoms. The number of aryl methyl sites for hydroxylation is 1. The molecule has 1 saturated heterocycles. The summed E-state index contributed by atoms with van der Waals surface area (Å²) in [5.74, 6) is 0. The molecule has 0 spiro atoms. The van der Waals surface area contributed by atoms with Gasteiger partial charge in [0.15, 0.2) is 11.2 Å². The average molecular weight is 422 g/mol. The van der Waals surface area contributed by atoms with Gasteiger partial charge in [-0.2, -0.15) is 13.4 Å². The van der Waals surface area contributed by atoms with Crippen molar-refractivity contribution in [2.75, 3.05) is 6.61 Å². The summed E-state index contributed by atoms with van der Waals surface area (Å²) in [6.45, 7) is 1.44. The highest BCUT2D eigenvalue weighted by Gasteiger charge is 2.35. The number of aliphatic hydroxyl groups excluding tert-OH is 2. The van der Waals surface area contributed by atoms with E-state index in [4.69, 9.17) is 8.92 Å². The van der Waals surface area contributed by atoms with Crippen molar-refractivity contribution >= 4 is 21.3 Å². The van der Waals surface area contributed by atoms with Crippen molar-refractivity contribution in [3.8, 4) is 6.01 Å². The maximum atomic E-state index is 12.5.